The van der Waals surface area contributed by atoms with Crippen LogP contribution in [0.4, 0.5) is 5.69 Å². The van der Waals surface area contributed by atoms with Gasteiger partial charge in [0.05, 0.1) is 26.5 Å². The summed E-state index contributed by atoms with van der Waals surface area (Å²) in [4.78, 5) is 20.3. The van der Waals surface area contributed by atoms with Crippen molar-refractivity contribution in [2.75, 3.05) is 11.1 Å². The van der Waals surface area contributed by atoms with Crippen molar-refractivity contribution in [3.8, 4) is 0 Å². The molecule has 0 unspecified atom stereocenters. The van der Waals surface area contributed by atoms with Gasteiger partial charge in [-0.15, -0.1) is 11.3 Å². The summed E-state index contributed by atoms with van der Waals surface area (Å²) in [5.74, 6) is 0.293. The fourth-order valence-corrected chi connectivity index (χ4v) is 3.02. The lowest BCUT2D eigenvalue weighted by Crippen LogP contribution is -2.13. The lowest BCUT2D eigenvalue weighted by Gasteiger charge is -2.04. The first-order valence-electron chi connectivity index (χ1n) is 5.98. The second kappa shape index (κ2) is 6.02. The van der Waals surface area contributed by atoms with Crippen LogP contribution >= 0.6 is 23.1 Å². The molecule has 0 atom stereocenters. The highest BCUT2D eigenvalue weighted by Crippen LogP contribution is 2.22. The van der Waals surface area contributed by atoms with Gasteiger partial charge in [-0.05, 0) is 30.3 Å². The van der Waals surface area contributed by atoms with Crippen molar-refractivity contribution in [1.82, 2.24) is 9.97 Å². The predicted molar refractivity (Wildman–Crippen MR) is 83.2 cm³/mol. The number of nitrogens with zero attached hydrogens (tertiary/aromatic N) is 2. The summed E-state index contributed by atoms with van der Waals surface area (Å²) in [5.41, 5.74) is 3.48. The minimum absolute atomic E-state index is 0.0461. The van der Waals surface area contributed by atoms with E-state index in [4.69, 9.17) is 0 Å². The molecule has 4 nitrogen and oxygen atoms in total. The van der Waals surface area contributed by atoms with Gasteiger partial charge >= 0.3 is 0 Å². The van der Waals surface area contributed by atoms with Crippen molar-refractivity contribution in [1.29, 1.82) is 0 Å². The summed E-state index contributed by atoms with van der Waals surface area (Å²) in [6.45, 7) is 0. The Morgan fingerprint density at radius 2 is 2.20 bits per heavy atom. The third kappa shape index (κ3) is 3.15. The van der Waals surface area contributed by atoms with Crippen molar-refractivity contribution in [2.24, 2.45) is 0 Å². The number of nitrogens with one attached hydrogen (secondary N) is 1. The normalized spacial score (nSPS) is 10.6. The molecule has 0 bridgehead atoms. The first kappa shape index (κ1) is 13.1. The maximum atomic E-state index is 11.9. The molecule has 1 aromatic carbocycles. The zero-order valence-corrected chi connectivity index (χ0v) is 12.1. The van der Waals surface area contributed by atoms with Gasteiger partial charge in [-0.3, -0.25) is 4.79 Å². The summed E-state index contributed by atoms with van der Waals surface area (Å²) >= 11 is 3.00. The Bertz CT molecular complexity index is 727. The molecule has 0 aliphatic carbocycles. The number of anilines is 1. The monoisotopic (exact) mass is 301 g/mol. The van der Waals surface area contributed by atoms with E-state index in [1.165, 1.54) is 11.8 Å². The number of benzene rings is 1. The van der Waals surface area contributed by atoms with Crippen LogP contribution in [0.5, 0.6) is 0 Å². The minimum Gasteiger partial charge on any atom is -0.325 e. The molecule has 20 heavy (non-hydrogen) atoms. The maximum absolute atomic E-state index is 11.9. The molecule has 1 N–H and O–H groups in total. The Balaban J connectivity index is 1.61. The number of amides is 1. The molecule has 2 aromatic heterocycles. The molecule has 0 saturated carbocycles. The van der Waals surface area contributed by atoms with Gasteiger partial charge in [0.1, 0.15) is 0 Å². The number of hydrogen-bond donors (Lipinski definition) is 1. The van der Waals surface area contributed by atoms with E-state index in [-0.39, 0.29) is 5.91 Å². The van der Waals surface area contributed by atoms with Gasteiger partial charge in [-0.25, -0.2) is 9.97 Å². The van der Waals surface area contributed by atoms with E-state index in [2.05, 4.69) is 15.3 Å². The summed E-state index contributed by atoms with van der Waals surface area (Å²) in [7, 11) is 0. The standard InChI is InChI=1S/C14H11N3OS2/c18-13(8-19-14-3-1-2-6-15-14)17-10-4-5-12-11(7-10)16-9-20-12/h1-7,9H,8H2,(H,17,18). The molecule has 1 amide bonds. The van der Waals surface area contributed by atoms with Gasteiger partial charge in [0.2, 0.25) is 5.91 Å². The third-order valence-electron chi connectivity index (χ3n) is 2.60. The SMILES string of the molecule is O=C(CSc1ccccn1)Nc1ccc2scnc2c1. The van der Waals surface area contributed by atoms with Crippen LogP contribution in [0, 0.1) is 0 Å². The van der Waals surface area contributed by atoms with Crippen molar-refractivity contribution >= 4 is 44.9 Å². The molecule has 0 spiro atoms. The molecule has 0 radical (unpaired) electrons. The van der Waals surface area contributed by atoms with E-state index < -0.39 is 0 Å². The number of carbonyl (C=O) groups excluding carboxylic acids is 1. The average Bonchev–Trinajstić information content (AvgIpc) is 2.94. The maximum Gasteiger partial charge on any atom is 0.234 e. The molecular formula is C14H11N3OS2. The molecular weight excluding hydrogens is 290 g/mol. The smallest absolute Gasteiger partial charge is 0.234 e. The lowest BCUT2D eigenvalue weighted by molar-refractivity contribution is -0.113. The molecule has 3 rings (SSSR count). The molecule has 100 valence electrons. The minimum atomic E-state index is -0.0461. The second-order valence-electron chi connectivity index (χ2n) is 4.04. The van der Waals surface area contributed by atoms with Crippen molar-refractivity contribution in [3.05, 3.63) is 48.1 Å². The number of rotatable bonds is 4. The van der Waals surface area contributed by atoms with Crippen LogP contribution in [0.15, 0.2) is 53.1 Å². The number of hydrogen-bond acceptors (Lipinski definition) is 5. The fourth-order valence-electron chi connectivity index (χ4n) is 1.70. The van der Waals surface area contributed by atoms with Gasteiger partial charge in [-0.2, -0.15) is 0 Å². The Morgan fingerprint density at radius 1 is 1.25 bits per heavy atom. The first-order valence-corrected chi connectivity index (χ1v) is 7.85. The number of aromatic nitrogens is 2. The molecule has 0 aliphatic rings. The van der Waals surface area contributed by atoms with Gasteiger partial charge < -0.3 is 5.32 Å². The number of carbonyl (C=O) groups is 1. The van der Waals surface area contributed by atoms with Crippen LogP contribution in [0.1, 0.15) is 0 Å². The summed E-state index contributed by atoms with van der Waals surface area (Å²) in [6.07, 6.45) is 1.72. The second-order valence-corrected chi connectivity index (χ2v) is 5.92. The molecule has 0 fully saturated rings. The highest BCUT2D eigenvalue weighted by Gasteiger charge is 2.05. The third-order valence-corrected chi connectivity index (χ3v) is 4.36. The summed E-state index contributed by atoms with van der Waals surface area (Å²) in [6, 6.07) is 11.4. The van der Waals surface area contributed by atoms with Crippen molar-refractivity contribution in [3.63, 3.8) is 0 Å². The number of thioether (sulfide) groups is 1. The van der Waals surface area contributed by atoms with E-state index in [0.717, 1.165) is 20.9 Å². The zero-order chi connectivity index (χ0) is 13.8. The molecule has 0 saturated heterocycles. The van der Waals surface area contributed by atoms with Gasteiger partial charge in [0, 0.05) is 11.9 Å². The molecule has 0 aliphatic heterocycles. The van der Waals surface area contributed by atoms with Gasteiger partial charge in [0.25, 0.3) is 0 Å². The molecule has 6 heteroatoms. The van der Waals surface area contributed by atoms with Gasteiger partial charge in [0.15, 0.2) is 0 Å². The zero-order valence-electron chi connectivity index (χ0n) is 10.4. The fraction of sp³-hybridized carbons (Fsp3) is 0.0714. The van der Waals surface area contributed by atoms with Crippen LogP contribution in [0.3, 0.4) is 0 Å². The molecule has 2 heterocycles. The van der Waals surface area contributed by atoms with E-state index >= 15 is 0 Å². The topological polar surface area (TPSA) is 54.9 Å². The highest BCUT2D eigenvalue weighted by atomic mass is 32.2. The highest BCUT2D eigenvalue weighted by molar-refractivity contribution is 7.99. The Hall–Kier alpha value is -1.92. The van der Waals surface area contributed by atoms with Gasteiger partial charge in [-0.1, -0.05) is 17.8 Å². The Morgan fingerprint density at radius 3 is 3.05 bits per heavy atom. The van der Waals surface area contributed by atoms with Crippen molar-refractivity contribution in [2.45, 2.75) is 5.03 Å². The lowest BCUT2D eigenvalue weighted by atomic mass is 10.3. The Kier molecular flexibility index (Phi) is 3.94. The van der Waals surface area contributed by atoms with Crippen molar-refractivity contribution < 1.29 is 4.79 Å². The van der Waals surface area contributed by atoms with E-state index in [1.54, 1.807) is 23.0 Å². The first-order chi connectivity index (χ1) is 9.81. The van der Waals surface area contributed by atoms with Crippen LogP contribution < -0.4 is 5.32 Å². The number of thiazole rings is 1. The number of fused-ring (bicyclic) bond motifs is 1. The van der Waals surface area contributed by atoms with Crippen LogP contribution in [-0.4, -0.2) is 21.6 Å². The van der Waals surface area contributed by atoms with E-state index in [0.29, 0.717) is 5.75 Å². The van der Waals surface area contributed by atoms with Crippen LogP contribution in [-0.2, 0) is 4.79 Å². The van der Waals surface area contributed by atoms with Crippen LogP contribution in [0.2, 0.25) is 0 Å². The van der Waals surface area contributed by atoms with E-state index in [1.807, 2.05) is 36.4 Å². The van der Waals surface area contributed by atoms with Crippen LogP contribution in [0.25, 0.3) is 10.2 Å². The molecule has 3 aromatic rings. The Labute approximate surface area is 124 Å². The summed E-state index contributed by atoms with van der Waals surface area (Å²) < 4.78 is 1.12. The largest absolute Gasteiger partial charge is 0.325 e. The number of pyridine rings is 1. The summed E-state index contributed by atoms with van der Waals surface area (Å²) in [5, 5.41) is 3.72. The quantitative estimate of drug-likeness (QED) is 0.750. The van der Waals surface area contributed by atoms with E-state index in [9.17, 15) is 4.79 Å². The average molecular weight is 301 g/mol. The predicted octanol–water partition coefficient (Wildman–Crippen LogP) is 3.42.